The maximum absolute atomic E-state index is 6.03. The lowest BCUT2D eigenvalue weighted by atomic mass is 10.1. The van der Waals surface area contributed by atoms with Crippen LogP contribution in [0.5, 0.6) is 5.75 Å². The van der Waals surface area contributed by atoms with Gasteiger partial charge in [0.1, 0.15) is 11.8 Å². The third-order valence-corrected chi connectivity index (χ3v) is 2.28. The highest BCUT2D eigenvalue weighted by molar-refractivity contribution is 5.37. The number of nitrogens with two attached hydrogens (primary N) is 1. The Hall–Kier alpha value is -1.88. The van der Waals surface area contributed by atoms with E-state index in [1.54, 1.807) is 14.0 Å². The predicted octanol–water partition coefficient (Wildman–Crippen LogP) is 1.43. The molecule has 0 bridgehead atoms. The van der Waals surface area contributed by atoms with Gasteiger partial charge in [-0.05, 0) is 6.07 Å². The van der Waals surface area contributed by atoms with Crippen LogP contribution in [-0.4, -0.2) is 17.3 Å². The molecule has 16 heavy (non-hydrogen) atoms. The first-order valence-corrected chi connectivity index (χ1v) is 4.91. The number of methoxy groups -OCH3 is 1. The largest absolute Gasteiger partial charge is 0.496 e. The second-order valence-corrected chi connectivity index (χ2v) is 3.38. The van der Waals surface area contributed by atoms with Gasteiger partial charge in [0.2, 0.25) is 11.8 Å². The lowest BCUT2D eigenvalue weighted by molar-refractivity contribution is 0.399. The fraction of sp³-hybridized carbons (Fsp3) is 0.273. The second-order valence-electron chi connectivity index (χ2n) is 3.38. The first kappa shape index (κ1) is 10.6. The van der Waals surface area contributed by atoms with Crippen LogP contribution in [0.3, 0.4) is 0 Å². The number of aromatic nitrogens is 2. The summed E-state index contributed by atoms with van der Waals surface area (Å²) in [5.74, 6) is 1.60. The Morgan fingerprint density at radius 2 is 2.06 bits per heavy atom. The molecule has 1 atom stereocenters. The first-order chi connectivity index (χ1) is 7.72. The smallest absolute Gasteiger partial charge is 0.237 e. The Kier molecular flexibility index (Phi) is 2.87. The molecule has 5 nitrogen and oxygen atoms in total. The third kappa shape index (κ3) is 1.90. The molecule has 84 valence electrons. The summed E-state index contributed by atoms with van der Waals surface area (Å²) < 4.78 is 10.5. The van der Waals surface area contributed by atoms with Gasteiger partial charge >= 0.3 is 0 Å². The van der Waals surface area contributed by atoms with Crippen molar-refractivity contribution >= 4 is 0 Å². The van der Waals surface area contributed by atoms with Crippen LogP contribution in [0.1, 0.15) is 23.4 Å². The van der Waals surface area contributed by atoms with Gasteiger partial charge in [0.25, 0.3) is 0 Å². The minimum absolute atomic E-state index is 0.391. The van der Waals surface area contributed by atoms with Crippen molar-refractivity contribution in [2.24, 2.45) is 5.73 Å². The summed E-state index contributed by atoms with van der Waals surface area (Å²) in [6.45, 7) is 1.73. The van der Waals surface area contributed by atoms with Crippen molar-refractivity contribution in [3.05, 3.63) is 41.6 Å². The Bertz CT molecular complexity index is 482. The molecule has 0 saturated carbocycles. The van der Waals surface area contributed by atoms with Crippen LogP contribution in [0.25, 0.3) is 0 Å². The SMILES string of the molecule is COc1ccccc1C(N)c1nnc(C)o1. The molecular weight excluding hydrogens is 206 g/mol. The number of ether oxygens (including phenoxy) is 1. The Morgan fingerprint density at radius 3 is 2.69 bits per heavy atom. The maximum Gasteiger partial charge on any atom is 0.237 e. The van der Waals surface area contributed by atoms with Crippen molar-refractivity contribution in [1.29, 1.82) is 0 Å². The Balaban J connectivity index is 2.36. The lowest BCUT2D eigenvalue weighted by Gasteiger charge is -2.11. The molecule has 0 aliphatic rings. The summed E-state index contributed by atoms with van der Waals surface area (Å²) in [7, 11) is 1.60. The number of rotatable bonds is 3. The van der Waals surface area contributed by atoms with E-state index in [9.17, 15) is 0 Å². The monoisotopic (exact) mass is 219 g/mol. The van der Waals surface area contributed by atoms with Crippen LogP contribution in [0.15, 0.2) is 28.7 Å². The molecule has 1 aromatic heterocycles. The zero-order valence-corrected chi connectivity index (χ0v) is 9.18. The van der Waals surface area contributed by atoms with Crippen molar-refractivity contribution in [3.63, 3.8) is 0 Å². The molecule has 5 heteroatoms. The highest BCUT2D eigenvalue weighted by Gasteiger charge is 2.18. The van der Waals surface area contributed by atoms with Crippen LogP contribution >= 0.6 is 0 Å². The number of aryl methyl sites for hydroxylation is 1. The normalized spacial score (nSPS) is 12.4. The molecule has 1 unspecified atom stereocenters. The van der Waals surface area contributed by atoms with Crippen LogP contribution in [0.4, 0.5) is 0 Å². The summed E-state index contributed by atoms with van der Waals surface area (Å²) in [6.07, 6.45) is 0. The molecule has 2 aromatic rings. The number of benzene rings is 1. The third-order valence-electron chi connectivity index (χ3n) is 2.28. The molecule has 0 radical (unpaired) electrons. The van der Waals surface area contributed by atoms with Gasteiger partial charge in [0.05, 0.1) is 7.11 Å². The van der Waals surface area contributed by atoms with E-state index in [-0.39, 0.29) is 0 Å². The van der Waals surface area contributed by atoms with Gasteiger partial charge in [0, 0.05) is 12.5 Å². The number of hydrogen-bond acceptors (Lipinski definition) is 5. The number of hydrogen-bond donors (Lipinski definition) is 1. The van der Waals surface area contributed by atoms with Gasteiger partial charge in [-0.3, -0.25) is 0 Å². The molecule has 0 aliphatic heterocycles. The van der Waals surface area contributed by atoms with E-state index in [1.165, 1.54) is 0 Å². The summed E-state index contributed by atoms with van der Waals surface area (Å²) in [4.78, 5) is 0. The fourth-order valence-electron chi connectivity index (χ4n) is 1.49. The van der Waals surface area contributed by atoms with Gasteiger partial charge < -0.3 is 14.9 Å². The summed E-state index contributed by atoms with van der Waals surface area (Å²) in [6, 6.07) is 7.04. The van der Waals surface area contributed by atoms with E-state index in [2.05, 4.69) is 10.2 Å². The lowest BCUT2D eigenvalue weighted by Crippen LogP contribution is -2.13. The molecule has 0 aliphatic carbocycles. The van der Waals surface area contributed by atoms with Gasteiger partial charge in [0.15, 0.2) is 0 Å². The van der Waals surface area contributed by atoms with E-state index >= 15 is 0 Å². The molecule has 2 N–H and O–H groups in total. The maximum atomic E-state index is 6.03. The van der Waals surface area contributed by atoms with Crippen LogP contribution < -0.4 is 10.5 Å². The average molecular weight is 219 g/mol. The van der Waals surface area contributed by atoms with Gasteiger partial charge in [-0.25, -0.2) is 0 Å². The van der Waals surface area contributed by atoms with Crippen molar-refractivity contribution in [3.8, 4) is 5.75 Å². The molecule has 1 aromatic carbocycles. The van der Waals surface area contributed by atoms with Crippen molar-refractivity contribution in [2.75, 3.05) is 7.11 Å². The summed E-state index contributed by atoms with van der Waals surface area (Å²) >= 11 is 0. The molecule has 1 heterocycles. The van der Waals surface area contributed by atoms with Crippen LogP contribution in [0.2, 0.25) is 0 Å². The molecule has 0 fully saturated rings. The standard InChI is InChI=1S/C11H13N3O2/c1-7-13-14-11(16-7)10(12)8-5-3-4-6-9(8)15-2/h3-6,10H,12H2,1-2H3. The average Bonchev–Trinajstić information content (AvgIpc) is 2.75. The zero-order chi connectivity index (χ0) is 11.5. The molecule has 0 saturated heterocycles. The van der Waals surface area contributed by atoms with Crippen LogP contribution in [0, 0.1) is 6.92 Å². The van der Waals surface area contributed by atoms with Crippen molar-refractivity contribution in [1.82, 2.24) is 10.2 Å². The minimum Gasteiger partial charge on any atom is -0.496 e. The number of para-hydroxylation sites is 1. The fourth-order valence-corrected chi connectivity index (χ4v) is 1.49. The van der Waals surface area contributed by atoms with Crippen LogP contribution in [-0.2, 0) is 0 Å². The van der Waals surface area contributed by atoms with E-state index in [4.69, 9.17) is 14.9 Å². The summed E-state index contributed by atoms with van der Waals surface area (Å²) in [5.41, 5.74) is 6.86. The molecule has 0 spiro atoms. The highest BCUT2D eigenvalue weighted by Crippen LogP contribution is 2.26. The molecule has 2 rings (SSSR count). The minimum atomic E-state index is -0.461. The van der Waals surface area contributed by atoms with Gasteiger partial charge in [-0.15, -0.1) is 10.2 Å². The van der Waals surface area contributed by atoms with E-state index in [0.717, 1.165) is 5.56 Å². The van der Waals surface area contributed by atoms with Crippen molar-refractivity contribution < 1.29 is 9.15 Å². The van der Waals surface area contributed by atoms with E-state index in [1.807, 2.05) is 24.3 Å². The number of nitrogens with zero attached hydrogens (tertiary/aromatic N) is 2. The topological polar surface area (TPSA) is 74.2 Å². The summed E-state index contributed by atoms with van der Waals surface area (Å²) in [5, 5.41) is 7.65. The zero-order valence-electron chi connectivity index (χ0n) is 9.18. The van der Waals surface area contributed by atoms with Gasteiger partial charge in [-0.1, -0.05) is 18.2 Å². The van der Waals surface area contributed by atoms with Crippen molar-refractivity contribution in [2.45, 2.75) is 13.0 Å². The Morgan fingerprint density at radius 1 is 1.31 bits per heavy atom. The van der Waals surface area contributed by atoms with E-state index in [0.29, 0.717) is 17.5 Å². The highest BCUT2D eigenvalue weighted by atomic mass is 16.5. The first-order valence-electron chi connectivity index (χ1n) is 4.91. The second kappa shape index (κ2) is 4.32. The Labute approximate surface area is 93.2 Å². The molecular formula is C11H13N3O2. The quantitative estimate of drug-likeness (QED) is 0.845. The van der Waals surface area contributed by atoms with Gasteiger partial charge in [-0.2, -0.15) is 0 Å². The van der Waals surface area contributed by atoms with E-state index < -0.39 is 6.04 Å². The molecule has 0 amide bonds. The predicted molar refractivity (Wildman–Crippen MR) is 58.1 cm³/mol.